The van der Waals surface area contributed by atoms with Gasteiger partial charge in [-0.15, -0.1) is 0 Å². The number of benzene rings is 2. The molecule has 1 N–H and O–H groups in total. The second-order valence-electron chi connectivity index (χ2n) is 7.36. The number of nitrogens with one attached hydrogen (secondary N) is 1. The molecule has 6 nitrogen and oxygen atoms in total. The average molecular weight is 399 g/mol. The summed E-state index contributed by atoms with van der Waals surface area (Å²) < 4.78 is 18.9. The van der Waals surface area contributed by atoms with Crippen LogP contribution >= 0.6 is 0 Å². The Labute approximate surface area is 170 Å². The summed E-state index contributed by atoms with van der Waals surface area (Å²) in [6, 6.07) is 13.5. The zero-order chi connectivity index (χ0) is 21.0. The van der Waals surface area contributed by atoms with Gasteiger partial charge in [0.15, 0.2) is 0 Å². The Kier molecular flexibility index (Phi) is 6.49. The number of rotatable bonds is 7. The fourth-order valence-electron chi connectivity index (χ4n) is 3.62. The molecule has 0 saturated carbocycles. The third-order valence-corrected chi connectivity index (χ3v) is 5.20. The molecule has 0 spiro atoms. The Morgan fingerprint density at radius 1 is 1.28 bits per heavy atom. The molecule has 1 heterocycles. The lowest BCUT2D eigenvalue weighted by Gasteiger charge is -2.26. The van der Waals surface area contributed by atoms with E-state index in [1.165, 1.54) is 12.1 Å². The molecule has 0 unspecified atom stereocenters. The summed E-state index contributed by atoms with van der Waals surface area (Å²) in [6.07, 6.45) is 0.149. The van der Waals surface area contributed by atoms with E-state index in [9.17, 15) is 14.0 Å². The molecule has 0 bridgehead atoms. The molecular formula is C22H26FN3O3. The standard InChI is InChI=1S/C22H26FN3O3/c1-25(2)19(15-7-6-8-17(23)11-15)13-24-22(28)16-12-21(27)26(14-16)18-9-4-5-10-20(18)29-3/h4-11,16,19H,12-14H2,1-3H3,(H,24,28)/t16-,19+/m0/s1. The summed E-state index contributed by atoms with van der Waals surface area (Å²) in [5.41, 5.74) is 1.45. The number of methoxy groups -OCH3 is 1. The summed E-state index contributed by atoms with van der Waals surface area (Å²) in [7, 11) is 5.31. The van der Waals surface area contributed by atoms with Gasteiger partial charge in [0.1, 0.15) is 11.6 Å². The molecule has 1 saturated heterocycles. The molecule has 7 heteroatoms. The smallest absolute Gasteiger partial charge is 0.227 e. The number of nitrogens with zero attached hydrogens (tertiary/aromatic N) is 2. The fourth-order valence-corrected chi connectivity index (χ4v) is 3.62. The predicted molar refractivity (Wildman–Crippen MR) is 109 cm³/mol. The van der Waals surface area contributed by atoms with Gasteiger partial charge >= 0.3 is 0 Å². The minimum Gasteiger partial charge on any atom is -0.495 e. The Morgan fingerprint density at radius 3 is 2.72 bits per heavy atom. The summed E-state index contributed by atoms with van der Waals surface area (Å²) in [4.78, 5) is 28.8. The molecule has 3 rings (SSSR count). The van der Waals surface area contributed by atoms with Crippen molar-refractivity contribution in [2.24, 2.45) is 5.92 Å². The number of likely N-dealkylation sites (N-methyl/N-ethyl adjacent to an activating group) is 1. The molecule has 1 aliphatic heterocycles. The maximum absolute atomic E-state index is 13.6. The Hall–Kier alpha value is -2.93. The van der Waals surface area contributed by atoms with Gasteiger partial charge in [-0.1, -0.05) is 24.3 Å². The van der Waals surface area contributed by atoms with Gasteiger partial charge in [0.05, 0.1) is 24.8 Å². The van der Waals surface area contributed by atoms with Crippen LogP contribution in [-0.4, -0.2) is 51.0 Å². The molecule has 0 aromatic heterocycles. The zero-order valence-electron chi connectivity index (χ0n) is 16.9. The van der Waals surface area contributed by atoms with Crippen LogP contribution in [0.4, 0.5) is 10.1 Å². The van der Waals surface area contributed by atoms with Gasteiger partial charge in [-0.25, -0.2) is 4.39 Å². The van der Waals surface area contributed by atoms with Gasteiger partial charge in [-0.2, -0.15) is 0 Å². The van der Waals surface area contributed by atoms with E-state index in [4.69, 9.17) is 4.74 Å². The number of carbonyl (C=O) groups excluding carboxylic acids is 2. The van der Waals surface area contributed by atoms with Crippen LogP contribution in [0.1, 0.15) is 18.0 Å². The van der Waals surface area contributed by atoms with Crippen LogP contribution in [0.15, 0.2) is 48.5 Å². The van der Waals surface area contributed by atoms with Gasteiger partial charge in [0.25, 0.3) is 0 Å². The predicted octanol–water partition coefficient (Wildman–Crippen LogP) is 2.61. The van der Waals surface area contributed by atoms with Gasteiger partial charge in [-0.3, -0.25) is 9.59 Å². The largest absolute Gasteiger partial charge is 0.495 e. The van der Waals surface area contributed by atoms with Gasteiger partial charge < -0.3 is 19.9 Å². The lowest BCUT2D eigenvalue weighted by molar-refractivity contribution is -0.126. The maximum Gasteiger partial charge on any atom is 0.227 e. The molecule has 0 radical (unpaired) electrons. The molecule has 2 aromatic rings. The molecular weight excluding hydrogens is 373 g/mol. The molecule has 1 fully saturated rings. The average Bonchev–Trinajstić information content (AvgIpc) is 3.09. The van der Waals surface area contributed by atoms with Crippen LogP contribution in [0.2, 0.25) is 0 Å². The second kappa shape index (κ2) is 9.05. The van der Waals surface area contributed by atoms with Crippen molar-refractivity contribution >= 4 is 17.5 Å². The van der Waals surface area contributed by atoms with Gasteiger partial charge in [-0.05, 0) is 43.9 Å². The van der Waals surface area contributed by atoms with E-state index in [1.54, 1.807) is 24.1 Å². The summed E-state index contributed by atoms with van der Waals surface area (Å²) in [5, 5.41) is 2.93. The van der Waals surface area contributed by atoms with Crippen molar-refractivity contribution < 1.29 is 18.7 Å². The van der Waals surface area contributed by atoms with Crippen LogP contribution in [-0.2, 0) is 9.59 Å². The summed E-state index contributed by atoms with van der Waals surface area (Å²) >= 11 is 0. The van der Waals surface area contributed by atoms with Crippen LogP contribution < -0.4 is 15.0 Å². The minimum atomic E-state index is -0.442. The molecule has 2 amide bonds. The Bertz CT molecular complexity index is 887. The van der Waals surface area contributed by atoms with Crippen LogP contribution in [0.25, 0.3) is 0 Å². The number of para-hydroxylation sites is 2. The Balaban J connectivity index is 1.66. The number of amides is 2. The van der Waals surface area contributed by atoms with Gasteiger partial charge in [0.2, 0.25) is 11.8 Å². The van der Waals surface area contributed by atoms with E-state index in [0.717, 1.165) is 5.56 Å². The van der Waals surface area contributed by atoms with E-state index in [2.05, 4.69) is 5.32 Å². The number of carbonyl (C=O) groups is 2. The number of ether oxygens (including phenoxy) is 1. The van der Waals surface area contributed by atoms with E-state index >= 15 is 0 Å². The third kappa shape index (κ3) is 4.74. The van der Waals surface area contributed by atoms with Crippen molar-refractivity contribution in [1.82, 2.24) is 10.2 Å². The first kappa shape index (κ1) is 20.8. The minimum absolute atomic E-state index is 0.107. The van der Waals surface area contributed by atoms with Crippen LogP contribution in [0, 0.1) is 11.7 Å². The number of halogens is 1. The van der Waals surface area contributed by atoms with Crippen molar-refractivity contribution in [1.29, 1.82) is 0 Å². The van der Waals surface area contributed by atoms with E-state index < -0.39 is 5.92 Å². The zero-order valence-corrected chi connectivity index (χ0v) is 16.9. The topological polar surface area (TPSA) is 61.9 Å². The van der Waals surface area contributed by atoms with E-state index in [1.807, 2.05) is 43.3 Å². The van der Waals surface area contributed by atoms with Gasteiger partial charge in [0, 0.05) is 19.5 Å². The van der Waals surface area contributed by atoms with Crippen molar-refractivity contribution in [3.8, 4) is 5.75 Å². The van der Waals surface area contributed by atoms with Crippen LogP contribution in [0.3, 0.4) is 0 Å². The highest BCUT2D eigenvalue weighted by molar-refractivity contribution is 6.01. The number of hydrogen-bond donors (Lipinski definition) is 1. The normalized spacial score (nSPS) is 17.5. The van der Waals surface area contributed by atoms with Crippen molar-refractivity contribution in [3.63, 3.8) is 0 Å². The first-order chi connectivity index (χ1) is 13.9. The molecule has 1 aliphatic rings. The molecule has 154 valence electrons. The van der Waals surface area contributed by atoms with E-state index in [0.29, 0.717) is 24.5 Å². The van der Waals surface area contributed by atoms with E-state index in [-0.39, 0.29) is 30.1 Å². The Morgan fingerprint density at radius 2 is 2.03 bits per heavy atom. The summed E-state index contributed by atoms with van der Waals surface area (Å²) in [5.74, 6) is -0.444. The molecule has 29 heavy (non-hydrogen) atoms. The highest BCUT2D eigenvalue weighted by Crippen LogP contribution is 2.32. The second-order valence-corrected chi connectivity index (χ2v) is 7.36. The highest BCUT2D eigenvalue weighted by atomic mass is 19.1. The molecule has 0 aliphatic carbocycles. The van der Waals surface area contributed by atoms with Crippen molar-refractivity contribution in [3.05, 3.63) is 59.9 Å². The van der Waals surface area contributed by atoms with Crippen LogP contribution in [0.5, 0.6) is 5.75 Å². The van der Waals surface area contributed by atoms with Crippen molar-refractivity contribution in [2.75, 3.05) is 39.2 Å². The SMILES string of the molecule is COc1ccccc1N1C[C@@H](C(=O)NC[C@H](c2cccc(F)c2)N(C)C)CC1=O. The summed E-state index contributed by atoms with van der Waals surface area (Å²) in [6.45, 7) is 0.631. The van der Waals surface area contributed by atoms with Crippen molar-refractivity contribution in [2.45, 2.75) is 12.5 Å². The number of anilines is 1. The fraction of sp³-hybridized carbons (Fsp3) is 0.364. The lowest BCUT2D eigenvalue weighted by atomic mass is 10.0. The third-order valence-electron chi connectivity index (χ3n) is 5.20. The molecule has 2 aromatic carbocycles. The lowest BCUT2D eigenvalue weighted by Crippen LogP contribution is -2.38. The number of hydrogen-bond acceptors (Lipinski definition) is 4. The molecule has 2 atom stereocenters. The monoisotopic (exact) mass is 399 g/mol. The maximum atomic E-state index is 13.6. The highest BCUT2D eigenvalue weighted by Gasteiger charge is 2.36. The first-order valence-corrected chi connectivity index (χ1v) is 9.53. The first-order valence-electron chi connectivity index (χ1n) is 9.53. The quantitative estimate of drug-likeness (QED) is 0.778.